The number of hydrogen-bond donors (Lipinski definition) is 0. The van der Waals surface area contributed by atoms with Crippen molar-refractivity contribution in [3.63, 3.8) is 0 Å². The molecule has 2 aromatic heterocycles. The van der Waals surface area contributed by atoms with Gasteiger partial charge in [-0.25, -0.2) is 9.50 Å². The Bertz CT molecular complexity index is 1170. The second-order valence-corrected chi connectivity index (χ2v) is 9.72. The first-order valence-corrected chi connectivity index (χ1v) is 11.9. The van der Waals surface area contributed by atoms with Gasteiger partial charge in [-0.2, -0.15) is 5.10 Å². The van der Waals surface area contributed by atoms with Crippen LogP contribution in [0.1, 0.15) is 71.4 Å². The van der Waals surface area contributed by atoms with Crippen molar-refractivity contribution in [2.45, 2.75) is 59.4 Å². The van der Waals surface area contributed by atoms with Crippen LogP contribution in [0.2, 0.25) is 0 Å². The van der Waals surface area contributed by atoms with Crippen LogP contribution in [0, 0.1) is 26.7 Å². The van der Waals surface area contributed by atoms with E-state index in [1.54, 1.807) is 0 Å². The number of piperidine rings is 1. The van der Waals surface area contributed by atoms with Gasteiger partial charge in [-0.05, 0) is 69.6 Å². The van der Waals surface area contributed by atoms with Crippen molar-refractivity contribution >= 4 is 17.4 Å². The fourth-order valence-electron chi connectivity index (χ4n) is 5.25. The van der Waals surface area contributed by atoms with Gasteiger partial charge in [0.05, 0.1) is 11.7 Å². The average Bonchev–Trinajstić information content (AvgIpc) is 3.40. The quantitative estimate of drug-likeness (QED) is 0.594. The maximum Gasteiger partial charge on any atom is 0.254 e. The third-order valence-electron chi connectivity index (χ3n) is 7.29. The molecule has 2 aliphatic rings. The number of aromatic nitrogens is 3. The molecule has 2 aliphatic heterocycles. The molecular formula is C26H33N5O. The normalized spacial score (nSPS) is 21.5. The zero-order valence-corrected chi connectivity index (χ0v) is 19.6. The minimum Gasteiger partial charge on any atom is -0.356 e. The molecule has 1 aromatic carbocycles. The van der Waals surface area contributed by atoms with Gasteiger partial charge < -0.3 is 9.80 Å². The molecule has 1 amide bonds. The summed E-state index contributed by atoms with van der Waals surface area (Å²) in [4.78, 5) is 23.0. The highest BCUT2D eigenvalue weighted by molar-refractivity contribution is 5.96. The summed E-state index contributed by atoms with van der Waals surface area (Å²) >= 11 is 0. The standard InChI is InChI=1S/C26H33N5O/c1-17-11-13-29(15-17)25-19(3)16-31-24(27-25)14-22(28-31)23-10-5-6-12-30(23)26(32)21-9-7-8-18(2)20(21)4/h7-9,14,16-17,23H,5-6,10-13,15H2,1-4H3/t17-,23-/m0/s1. The Labute approximate surface area is 190 Å². The van der Waals surface area contributed by atoms with Gasteiger partial charge in [0, 0.05) is 43.0 Å². The molecule has 0 N–H and O–H groups in total. The van der Waals surface area contributed by atoms with Gasteiger partial charge in [-0.3, -0.25) is 4.79 Å². The van der Waals surface area contributed by atoms with Gasteiger partial charge in [0.2, 0.25) is 0 Å². The number of carbonyl (C=O) groups is 1. The molecule has 32 heavy (non-hydrogen) atoms. The van der Waals surface area contributed by atoms with E-state index in [-0.39, 0.29) is 11.9 Å². The van der Waals surface area contributed by atoms with Gasteiger partial charge >= 0.3 is 0 Å². The summed E-state index contributed by atoms with van der Waals surface area (Å²) < 4.78 is 1.89. The maximum atomic E-state index is 13.6. The Morgan fingerprint density at radius 2 is 1.91 bits per heavy atom. The highest BCUT2D eigenvalue weighted by atomic mass is 16.2. The van der Waals surface area contributed by atoms with Crippen molar-refractivity contribution in [1.29, 1.82) is 0 Å². The minimum absolute atomic E-state index is 0.00609. The van der Waals surface area contributed by atoms with Gasteiger partial charge in [0.15, 0.2) is 5.65 Å². The number of fused-ring (bicyclic) bond motifs is 1. The molecule has 2 fully saturated rings. The molecule has 0 saturated carbocycles. The zero-order valence-electron chi connectivity index (χ0n) is 19.6. The summed E-state index contributed by atoms with van der Waals surface area (Å²) in [6, 6.07) is 8.07. The molecule has 168 valence electrons. The van der Waals surface area contributed by atoms with Crippen LogP contribution in [0.25, 0.3) is 5.65 Å². The molecule has 0 bridgehead atoms. The minimum atomic E-state index is -0.00609. The lowest BCUT2D eigenvalue weighted by Crippen LogP contribution is -2.39. The number of hydrogen-bond acceptors (Lipinski definition) is 4. The van der Waals surface area contributed by atoms with E-state index in [0.717, 1.165) is 78.3 Å². The van der Waals surface area contributed by atoms with E-state index in [9.17, 15) is 4.79 Å². The highest BCUT2D eigenvalue weighted by Gasteiger charge is 2.32. The zero-order chi connectivity index (χ0) is 22.4. The first-order valence-electron chi connectivity index (χ1n) is 11.9. The van der Waals surface area contributed by atoms with Crippen LogP contribution in [0.15, 0.2) is 30.5 Å². The molecular weight excluding hydrogens is 398 g/mol. The molecule has 4 heterocycles. The van der Waals surface area contributed by atoms with Crippen molar-refractivity contribution in [2.75, 3.05) is 24.5 Å². The summed E-state index contributed by atoms with van der Waals surface area (Å²) in [6.45, 7) is 11.4. The fourth-order valence-corrected chi connectivity index (χ4v) is 5.25. The van der Waals surface area contributed by atoms with Gasteiger partial charge in [0.1, 0.15) is 5.82 Å². The van der Waals surface area contributed by atoms with E-state index in [2.05, 4.69) is 44.0 Å². The highest BCUT2D eigenvalue weighted by Crippen LogP contribution is 2.33. The number of aryl methyl sites for hydroxylation is 2. The predicted molar refractivity (Wildman–Crippen MR) is 127 cm³/mol. The Morgan fingerprint density at radius 1 is 1.06 bits per heavy atom. The van der Waals surface area contributed by atoms with E-state index in [0.29, 0.717) is 5.92 Å². The predicted octanol–water partition coefficient (Wildman–Crippen LogP) is 4.87. The number of likely N-dealkylation sites (tertiary alicyclic amines) is 1. The topological polar surface area (TPSA) is 53.7 Å². The van der Waals surface area contributed by atoms with E-state index < -0.39 is 0 Å². The van der Waals surface area contributed by atoms with Crippen LogP contribution in [-0.4, -0.2) is 45.0 Å². The van der Waals surface area contributed by atoms with Gasteiger partial charge in [-0.1, -0.05) is 19.1 Å². The first-order chi connectivity index (χ1) is 15.4. The van der Waals surface area contributed by atoms with Crippen molar-refractivity contribution in [3.8, 4) is 0 Å². The number of rotatable bonds is 3. The Kier molecular flexibility index (Phi) is 5.39. The summed E-state index contributed by atoms with van der Waals surface area (Å²) in [5, 5.41) is 4.89. The van der Waals surface area contributed by atoms with Crippen molar-refractivity contribution in [3.05, 3.63) is 58.4 Å². The largest absolute Gasteiger partial charge is 0.356 e. The Morgan fingerprint density at radius 3 is 2.69 bits per heavy atom. The smallest absolute Gasteiger partial charge is 0.254 e. The Balaban J connectivity index is 1.48. The van der Waals surface area contributed by atoms with Gasteiger partial charge in [-0.15, -0.1) is 0 Å². The van der Waals surface area contributed by atoms with Crippen LogP contribution in [0.4, 0.5) is 5.82 Å². The van der Waals surface area contributed by atoms with E-state index in [1.165, 1.54) is 6.42 Å². The van der Waals surface area contributed by atoms with Gasteiger partial charge in [0.25, 0.3) is 5.91 Å². The lowest BCUT2D eigenvalue weighted by Gasteiger charge is -2.35. The first kappa shape index (κ1) is 21.0. The summed E-state index contributed by atoms with van der Waals surface area (Å²) in [5.74, 6) is 1.89. The molecule has 6 nitrogen and oxygen atoms in total. The fraction of sp³-hybridized carbons (Fsp3) is 0.500. The van der Waals surface area contributed by atoms with Crippen LogP contribution >= 0.6 is 0 Å². The molecule has 2 saturated heterocycles. The second-order valence-electron chi connectivity index (χ2n) is 9.72. The maximum absolute atomic E-state index is 13.6. The number of nitrogens with zero attached hydrogens (tertiary/aromatic N) is 5. The average molecular weight is 432 g/mol. The second kappa shape index (κ2) is 8.23. The monoisotopic (exact) mass is 431 g/mol. The molecule has 6 heteroatoms. The molecule has 0 unspecified atom stereocenters. The van der Waals surface area contributed by atoms with Crippen LogP contribution in [0.5, 0.6) is 0 Å². The molecule has 0 aliphatic carbocycles. The van der Waals surface area contributed by atoms with Crippen molar-refractivity contribution < 1.29 is 4.79 Å². The van der Waals surface area contributed by atoms with E-state index in [4.69, 9.17) is 10.1 Å². The number of benzene rings is 1. The summed E-state index contributed by atoms with van der Waals surface area (Å²) in [5.41, 5.74) is 5.99. The molecule has 0 spiro atoms. The lowest BCUT2D eigenvalue weighted by atomic mass is 9.96. The third kappa shape index (κ3) is 3.65. The van der Waals surface area contributed by atoms with Crippen LogP contribution < -0.4 is 4.90 Å². The molecule has 3 aromatic rings. The number of carbonyl (C=O) groups excluding carboxylic acids is 1. The molecule has 5 rings (SSSR count). The van der Waals surface area contributed by atoms with Crippen LogP contribution in [-0.2, 0) is 0 Å². The lowest BCUT2D eigenvalue weighted by molar-refractivity contribution is 0.0605. The molecule has 0 radical (unpaired) electrons. The summed E-state index contributed by atoms with van der Waals surface area (Å²) in [6.07, 6.45) is 6.39. The third-order valence-corrected chi connectivity index (χ3v) is 7.29. The summed E-state index contributed by atoms with van der Waals surface area (Å²) in [7, 11) is 0. The van der Waals surface area contributed by atoms with Crippen molar-refractivity contribution in [2.24, 2.45) is 5.92 Å². The number of anilines is 1. The Hall–Kier alpha value is -2.89. The van der Waals surface area contributed by atoms with Crippen LogP contribution in [0.3, 0.4) is 0 Å². The van der Waals surface area contributed by atoms with E-state index in [1.807, 2.05) is 28.5 Å². The van der Waals surface area contributed by atoms with Crippen molar-refractivity contribution in [1.82, 2.24) is 19.5 Å². The SMILES string of the molecule is Cc1cn2nc([C@@H]3CCCCN3C(=O)c3cccc(C)c3C)cc2nc1N1CC[C@H](C)C1. The molecule has 2 atom stereocenters. The van der Waals surface area contributed by atoms with E-state index >= 15 is 0 Å². The number of amides is 1.